The number of aromatic nitrogens is 1. The maximum absolute atomic E-state index is 5.68. The highest BCUT2D eigenvalue weighted by molar-refractivity contribution is 5.28. The normalized spacial score (nSPS) is 25.6. The molecule has 0 aromatic carbocycles. The number of pyridine rings is 1. The Balaban J connectivity index is 2.15. The lowest BCUT2D eigenvalue weighted by Crippen LogP contribution is -2.30. The molecule has 2 rings (SSSR count). The number of methoxy groups -OCH3 is 1. The molecule has 14 heavy (non-hydrogen) atoms. The van der Waals surface area contributed by atoms with Crippen molar-refractivity contribution in [3.63, 3.8) is 0 Å². The highest BCUT2D eigenvalue weighted by Gasteiger charge is 2.31. The summed E-state index contributed by atoms with van der Waals surface area (Å²) in [7, 11) is 1.67. The Hall–Kier alpha value is -1.09. The summed E-state index contributed by atoms with van der Waals surface area (Å²) in [5.74, 6) is 2.08. The molecule has 1 fully saturated rings. The summed E-state index contributed by atoms with van der Waals surface area (Å²) in [6.45, 7) is 0.780. The molecule has 1 aromatic heterocycles. The van der Waals surface area contributed by atoms with E-state index in [2.05, 4.69) is 11.1 Å². The predicted octanol–water partition coefficient (Wildman–Crippen LogP) is 1.54. The van der Waals surface area contributed by atoms with Crippen molar-refractivity contribution in [2.45, 2.75) is 18.8 Å². The summed E-state index contributed by atoms with van der Waals surface area (Å²) >= 11 is 0. The SMILES string of the molecule is COc1cncc(C2CCC2CN)c1. The van der Waals surface area contributed by atoms with Crippen LogP contribution in [-0.4, -0.2) is 18.6 Å². The van der Waals surface area contributed by atoms with Crippen LogP contribution in [0.25, 0.3) is 0 Å². The van der Waals surface area contributed by atoms with Crippen LogP contribution in [0.4, 0.5) is 0 Å². The smallest absolute Gasteiger partial charge is 0.137 e. The molecular weight excluding hydrogens is 176 g/mol. The fourth-order valence-corrected chi connectivity index (χ4v) is 2.04. The molecule has 2 unspecified atom stereocenters. The molecule has 3 heteroatoms. The summed E-state index contributed by atoms with van der Waals surface area (Å²) < 4.78 is 5.15. The van der Waals surface area contributed by atoms with Crippen LogP contribution in [-0.2, 0) is 0 Å². The highest BCUT2D eigenvalue weighted by Crippen LogP contribution is 2.42. The van der Waals surface area contributed by atoms with Gasteiger partial charge in [0.05, 0.1) is 13.3 Å². The van der Waals surface area contributed by atoms with Crippen LogP contribution in [0.2, 0.25) is 0 Å². The van der Waals surface area contributed by atoms with E-state index in [1.807, 2.05) is 6.20 Å². The van der Waals surface area contributed by atoms with Crippen LogP contribution in [0.5, 0.6) is 5.75 Å². The van der Waals surface area contributed by atoms with Gasteiger partial charge in [-0.05, 0) is 42.9 Å². The van der Waals surface area contributed by atoms with Gasteiger partial charge in [-0.3, -0.25) is 4.98 Å². The molecule has 3 nitrogen and oxygen atoms in total. The molecule has 1 aliphatic carbocycles. The Morgan fingerprint density at radius 2 is 2.36 bits per heavy atom. The molecule has 1 aromatic rings. The van der Waals surface area contributed by atoms with Crippen molar-refractivity contribution in [3.05, 3.63) is 24.0 Å². The first-order valence-electron chi connectivity index (χ1n) is 5.04. The van der Waals surface area contributed by atoms with Crippen LogP contribution >= 0.6 is 0 Å². The molecule has 1 heterocycles. The number of hydrogen-bond acceptors (Lipinski definition) is 3. The number of ether oxygens (including phenoxy) is 1. The second kappa shape index (κ2) is 3.96. The third-order valence-corrected chi connectivity index (χ3v) is 3.12. The first-order chi connectivity index (χ1) is 6.85. The maximum Gasteiger partial charge on any atom is 0.137 e. The summed E-state index contributed by atoms with van der Waals surface area (Å²) in [5.41, 5.74) is 6.95. The monoisotopic (exact) mass is 192 g/mol. The molecule has 0 spiro atoms. The second-order valence-electron chi connectivity index (χ2n) is 3.84. The average Bonchev–Trinajstić information content (AvgIpc) is 2.17. The van der Waals surface area contributed by atoms with E-state index in [1.54, 1.807) is 13.3 Å². The second-order valence-corrected chi connectivity index (χ2v) is 3.84. The van der Waals surface area contributed by atoms with E-state index >= 15 is 0 Å². The zero-order chi connectivity index (χ0) is 9.97. The Labute approximate surface area is 84.3 Å². The van der Waals surface area contributed by atoms with Gasteiger partial charge in [0.1, 0.15) is 5.75 Å². The van der Waals surface area contributed by atoms with Crippen molar-refractivity contribution in [2.75, 3.05) is 13.7 Å². The zero-order valence-electron chi connectivity index (χ0n) is 8.44. The Morgan fingerprint density at radius 3 is 2.93 bits per heavy atom. The van der Waals surface area contributed by atoms with Crippen molar-refractivity contribution >= 4 is 0 Å². The van der Waals surface area contributed by atoms with Gasteiger partial charge in [-0.2, -0.15) is 0 Å². The van der Waals surface area contributed by atoms with E-state index < -0.39 is 0 Å². The van der Waals surface area contributed by atoms with E-state index in [0.717, 1.165) is 12.3 Å². The molecule has 0 bridgehead atoms. The van der Waals surface area contributed by atoms with E-state index in [0.29, 0.717) is 11.8 Å². The van der Waals surface area contributed by atoms with Gasteiger partial charge in [-0.15, -0.1) is 0 Å². The number of nitrogens with two attached hydrogens (primary N) is 1. The minimum absolute atomic E-state index is 0.600. The quantitative estimate of drug-likeness (QED) is 0.790. The van der Waals surface area contributed by atoms with Gasteiger partial charge >= 0.3 is 0 Å². The van der Waals surface area contributed by atoms with E-state index in [9.17, 15) is 0 Å². The summed E-state index contributed by atoms with van der Waals surface area (Å²) in [5, 5.41) is 0. The summed E-state index contributed by atoms with van der Waals surface area (Å²) in [4.78, 5) is 4.16. The molecule has 0 radical (unpaired) electrons. The van der Waals surface area contributed by atoms with Gasteiger partial charge in [0.2, 0.25) is 0 Å². The molecule has 76 valence electrons. The van der Waals surface area contributed by atoms with Gasteiger partial charge in [0.25, 0.3) is 0 Å². The van der Waals surface area contributed by atoms with Crippen LogP contribution < -0.4 is 10.5 Å². The van der Waals surface area contributed by atoms with Crippen LogP contribution in [0.15, 0.2) is 18.5 Å². The number of nitrogens with zero attached hydrogens (tertiary/aromatic N) is 1. The Kier molecular flexibility index (Phi) is 2.68. The molecule has 0 saturated heterocycles. The largest absolute Gasteiger partial charge is 0.495 e. The highest BCUT2D eigenvalue weighted by atomic mass is 16.5. The third-order valence-electron chi connectivity index (χ3n) is 3.12. The van der Waals surface area contributed by atoms with Crippen molar-refractivity contribution in [2.24, 2.45) is 11.7 Å². The van der Waals surface area contributed by atoms with Crippen molar-refractivity contribution in [1.29, 1.82) is 0 Å². The van der Waals surface area contributed by atoms with Crippen LogP contribution in [0.1, 0.15) is 24.3 Å². The van der Waals surface area contributed by atoms with Gasteiger partial charge in [-0.1, -0.05) is 0 Å². The van der Waals surface area contributed by atoms with E-state index in [4.69, 9.17) is 10.5 Å². The molecule has 0 aliphatic heterocycles. The third kappa shape index (κ3) is 1.60. The standard InChI is InChI=1S/C11H16N2O/c1-14-10-4-9(6-13-7-10)11-3-2-8(11)5-12/h4,6-8,11H,2-3,5,12H2,1H3. The lowest BCUT2D eigenvalue weighted by molar-refractivity contribution is 0.262. The van der Waals surface area contributed by atoms with Crippen molar-refractivity contribution in [3.8, 4) is 5.75 Å². The van der Waals surface area contributed by atoms with Gasteiger partial charge in [0.15, 0.2) is 0 Å². The zero-order valence-corrected chi connectivity index (χ0v) is 8.44. The Bertz CT molecular complexity index is 312. The lowest BCUT2D eigenvalue weighted by atomic mass is 9.70. The van der Waals surface area contributed by atoms with Gasteiger partial charge in [0, 0.05) is 6.20 Å². The minimum Gasteiger partial charge on any atom is -0.495 e. The molecule has 1 saturated carbocycles. The molecule has 1 aliphatic rings. The predicted molar refractivity (Wildman–Crippen MR) is 55.3 cm³/mol. The van der Waals surface area contributed by atoms with Crippen LogP contribution in [0.3, 0.4) is 0 Å². The number of hydrogen-bond donors (Lipinski definition) is 1. The molecule has 0 amide bonds. The first-order valence-corrected chi connectivity index (χ1v) is 5.04. The summed E-state index contributed by atoms with van der Waals surface area (Å²) in [6, 6.07) is 2.07. The van der Waals surface area contributed by atoms with Crippen molar-refractivity contribution < 1.29 is 4.74 Å². The minimum atomic E-state index is 0.600. The van der Waals surface area contributed by atoms with E-state index in [-0.39, 0.29) is 0 Å². The fraction of sp³-hybridized carbons (Fsp3) is 0.545. The van der Waals surface area contributed by atoms with Crippen molar-refractivity contribution in [1.82, 2.24) is 4.98 Å². The van der Waals surface area contributed by atoms with Gasteiger partial charge < -0.3 is 10.5 Å². The summed E-state index contributed by atoms with van der Waals surface area (Å²) in [6.07, 6.45) is 6.14. The first kappa shape index (κ1) is 9.46. The van der Waals surface area contributed by atoms with E-state index in [1.165, 1.54) is 18.4 Å². The lowest BCUT2D eigenvalue weighted by Gasteiger charge is -2.36. The molecule has 2 atom stereocenters. The maximum atomic E-state index is 5.68. The Morgan fingerprint density at radius 1 is 1.50 bits per heavy atom. The van der Waals surface area contributed by atoms with Gasteiger partial charge in [-0.25, -0.2) is 0 Å². The topological polar surface area (TPSA) is 48.1 Å². The molecular formula is C11H16N2O. The molecule has 2 N–H and O–H groups in total. The van der Waals surface area contributed by atoms with Crippen LogP contribution in [0, 0.1) is 5.92 Å². The number of rotatable bonds is 3. The fourth-order valence-electron chi connectivity index (χ4n) is 2.04. The average molecular weight is 192 g/mol.